The van der Waals surface area contributed by atoms with E-state index >= 15 is 0 Å². The van der Waals surface area contributed by atoms with Gasteiger partial charge in [0.05, 0.1) is 18.3 Å². The van der Waals surface area contributed by atoms with Crippen LogP contribution in [0.2, 0.25) is 5.02 Å². The lowest BCUT2D eigenvalue weighted by atomic mass is 9.99. The number of hydrogen-bond acceptors (Lipinski definition) is 9. The first-order valence-electron chi connectivity index (χ1n) is 18.2. The molecular formula is C36H47ClFN5O9S. The summed E-state index contributed by atoms with van der Waals surface area (Å²) >= 11 is 6.33. The lowest BCUT2D eigenvalue weighted by molar-refractivity contribution is -0.141. The molecule has 14 nitrogen and oxygen atoms in total. The second-order valence-corrected chi connectivity index (χ2v) is 18.0. The minimum Gasteiger partial charge on any atom is -0.444 e. The molecule has 0 bridgehead atoms. The van der Waals surface area contributed by atoms with Crippen LogP contribution in [-0.4, -0.2) is 95.8 Å². The highest BCUT2D eigenvalue weighted by Crippen LogP contribution is 2.46. The van der Waals surface area contributed by atoms with Crippen molar-refractivity contribution < 1.29 is 46.3 Å². The minimum absolute atomic E-state index is 0.00221. The molecule has 1 aromatic rings. The Morgan fingerprint density at radius 2 is 1.83 bits per heavy atom. The fourth-order valence-corrected chi connectivity index (χ4v) is 8.86. The van der Waals surface area contributed by atoms with Crippen molar-refractivity contribution in [1.82, 2.24) is 25.2 Å². The zero-order chi connectivity index (χ0) is 38.3. The van der Waals surface area contributed by atoms with E-state index in [1.807, 2.05) is 12.2 Å². The van der Waals surface area contributed by atoms with Gasteiger partial charge in [-0.05, 0) is 89.0 Å². The average molecular weight is 780 g/mol. The van der Waals surface area contributed by atoms with Crippen molar-refractivity contribution in [2.45, 2.75) is 126 Å². The van der Waals surface area contributed by atoms with Gasteiger partial charge in [0.1, 0.15) is 35.1 Å². The molecule has 5 amide bonds. The zero-order valence-electron chi connectivity index (χ0n) is 30.1. The Bertz CT molecular complexity index is 1800. The number of ether oxygens (including phenoxy) is 2. The van der Waals surface area contributed by atoms with Gasteiger partial charge >= 0.3 is 12.2 Å². The van der Waals surface area contributed by atoms with Crippen molar-refractivity contribution in [2.24, 2.45) is 5.92 Å². The molecule has 290 valence electrons. The zero-order valence-corrected chi connectivity index (χ0v) is 31.7. The SMILES string of the molecule is CC(C)(C)OC(=O)N[C@H]1CCCCCC=C[C@@H]2C[C@@]2(C(=O)NS(=O)(=O)C2CC2)NC(=O)[C@@H]2C[C@@H](OC(=O)N3CCc4c(F)ccc(Cl)c4C3)CN2C1=O. The Balaban J connectivity index is 1.25. The lowest BCUT2D eigenvalue weighted by Crippen LogP contribution is -2.58. The van der Waals surface area contributed by atoms with Crippen molar-refractivity contribution in [3.8, 4) is 0 Å². The molecule has 3 heterocycles. The van der Waals surface area contributed by atoms with Crippen LogP contribution in [0.15, 0.2) is 24.3 Å². The van der Waals surface area contributed by atoms with Gasteiger partial charge in [0.15, 0.2) is 0 Å². The van der Waals surface area contributed by atoms with Crippen LogP contribution < -0.4 is 15.4 Å². The normalized spacial score (nSPS) is 27.9. The summed E-state index contributed by atoms with van der Waals surface area (Å²) in [5, 5.41) is 5.10. The van der Waals surface area contributed by atoms with Gasteiger partial charge in [0.25, 0.3) is 5.91 Å². The van der Waals surface area contributed by atoms with E-state index in [2.05, 4.69) is 15.4 Å². The number of nitrogens with one attached hydrogen (secondary N) is 3. The van der Waals surface area contributed by atoms with Crippen LogP contribution in [0.4, 0.5) is 14.0 Å². The molecule has 1 aromatic carbocycles. The predicted molar refractivity (Wildman–Crippen MR) is 190 cm³/mol. The van der Waals surface area contributed by atoms with Crippen LogP contribution in [0.3, 0.4) is 0 Å². The number of benzene rings is 1. The molecule has 2 aliphatic carbocycles. The van der Waals surface area contributed by atoms with E-state index in [4.69, 9.17) is 21.1 Å². The van der Waals surface area contributed by atoms with Gasteiger partial charge in [-0.2, -0.15) is 0 Å². The third-order valence-electron chi connectivity index (χ3n) is 10.4. The van der Waals surface area contributed by atoms with E-state index in [1.54, 1.807) is 20.8 Å². The molecule has 53 heavy (non-hydrogen) atoms. The molecule has 0 spiro atoms. The highest BCUT2D eigenvalue weighted by atomic mass is 35.5. The summed E-state index contributed by atoms with van der Waals surface area (Å²) in [4.78, 5) is 71.2. The predicted octanol–water partition coefficient (Wildman–Crippen LogP) is 3.84. The van der Waals surface area contributed by atoms with E-state index in [-0.39, 0.29) is 45.3 Å². The second kappa shape index (κ2) is 15.1. The molecule has 0 unspecified atom stereocenters. The number of halogens is 2. The van der Waals surface area contributed by atoms with E-state index in [9.17, 15) is 36.8 Å². The van der Waals surface area contributed by atoms with E-state index in [0.29, 0.717) is 48.3 Å². The number of fused-ring (bicyclic) bond motifs is 3. The van der Waals surface area contributed by atoms with Crippen LogP contribution in [-0.2, 0) is 46.8 Å². The standard InChI is InChI=1S/C36H47ClFN5O9S/c1-35(2,3)52-33(47)39-28-10-8-6-4-5-7-9-21-18-36(21,32(46)41-53(49,50)23-11-12-23)40-30(44)29-17-22(19-43(29)31(28)45)51-34(48)42-16-15-24-25(20-42)26(37)13-14-27(24)38/h7,9,13-14,21-23,28-29H,4-6,8,10-12,15-20H2,1-3H3,(H,39,47)(H,40,44)(H,41,46)/t21-,22-,28+,29+,36-/m1/s1. The third-order valence-corrected chi connectivity index (χ3v) is 12.5. The van der Waals surface area contributed by atoms with Crippen LogP contribution in [0.25, 0.3) is 0 Å². The first-order chi connectivity index (χ1) is 25.0. The Hall–Kier alpha value is -3.92. The molecule has 2 saturated carbocycles. The summed E-state index contributed by atoms with van der Waals surface area (Å²) in [7, 11) is -3.93. The van der Waals surface area contributed by atoms with E-state index in [0.717, 1.165) is 6.42 Å². The van der Waals surface area contributed by atoms with Crippen LogP contribution in [0.5, 0.6) is 0 Å². The largest absolute Gasteiger partial charge is 0.444 e. The number of sulfonamides is 1. The number of amides is 5. The van der Waals surface area contributed by atoms with Crippen molar-refractivity contribution >= 4 is 51.5 Å². The molecule has 5 aliphatic rings. The van der Waals surface area contributed by atoms with Gasteiger partial charge < -0.3 is 29.9 Å². The molecule has 3 fully saturated rings. The topological polar surface area (TPSA) is 181 Å². The average Bonchev–Trinajstić information content (AvgIpc) is 4.01. The molecule has 17 heteroatoms. The Kier molecular flexibility index (Phi) is 11.0. The molecule has 0 radical (unpaired) electrons. The maximum Gasteiger partial charge on any atom is 0.410 e. The van der Waals surface area contributed by atoms with Crippen molar-refractivity contribution in [3.05, 3.63) is 46.3 Å². The molecular weight excluding hydrogens is 733 g/mol. The first-order valence-corrected chi connectivity index (χ1v) is 20.2. The fourth-order valence-electron chi connectivity index (χ4n) is 7.26. The quantitative estimate of drug-likeness (QED) is 0.375. The molecule has 6 rings (SSSR count). The highest BCUT2D eigenvalue weighted by molar-refractivity contribution is 7.91. The summed E-state index contributed by atoms with van der Waals surface area (Å²) in [6, 6.07) is 0.379. The summed E-state index contributed by atoms with van der Waals surface area (Å²) in [6.45, 7) is 5.03. The molecule has 1 saturated heterocycles. The number of rotatable bonds is 5. The fraction of sp³-hybridized carbons (Fsp3) is 0.639. The van der Waals surface area contributed by atoms with Crippen LogP contribution in [0.1, 0.15) is 89.7 Å². The van der Waals surface area contributed by atoms with Gasteiger partial charge in [-0.3, -0.25) is 19.1 Å². The maximum atomic E-state index is 14.4. The summed E-state index contributed by atoms with van der Waals surface area (Å²) < 4.78 is 53.4. The Labute approximate surface area is 313 Å². The van der Waals surface area contributed by atoms with Gasteiger partial charge in [-0.1, -0.05) is 36.6 Å². The monoisotopic (exact) mass is 779 g/mol. The van der Waals surface area contributed by atoms with Gasteiger partial charge in [-0.25, -0.2) is 22.4 Å². The second-order valence-electron chi connectivity index (χ2n) is 15.6. The third kappa shape index (κ3) is 8.90. The van der Waals surface area contributed by atoms with Crippen molar-refractivity contribution in [2.75, 3.05) is 13.1 Å². The number of alkyl carbamates (subject to hydrolysis) is 1. The van der Waals surface area contributed by atoms with Gasteiger partial charge in [0, 0.05) is 23.9 Å². The number of carbonyl (C=O) groups excluding carboxylic acids is 5. The van der Waals surface area contributed by atoms with Gasteiger partial charge in [0.2, 0.25) is 21.8 Å². The van der Waals surface area contributed by atoms with E-state index < -0.39 is 86.2 Å². The Morgan fingerprint density at radius 3 is 2.55 bits per heavy atom. The smallest absolute Gasteiger partial charge is 0.410 e. The summed E-state index contributed by atoms with van der Waals surface area (Å²) in [5.41, 5.74) is -1.51. The van der Waals surface area contributed by atoms with Crippen LogP contribution in [0, 0.1) is 11.7 Å². The molecule has 3 aliphatic heterocycles. The Morgan fingerprint density at radius 1 is 1.08 bits per heavy atom. The minimum atomic E-state index is -3.93. The van der Waals surface area contributed by atoms with E-state index in [1.165, 1.54) is 21.9 Å². The molecule has 0 aromatic heterocycles. The van der Waals surface area contributed by atoms with Crippen molar-refractivity contribution in [3.63, 3.8) is 0 Å². The van der Waals surface area contributed by atoms with Crippen LogP contribution >= 0.6 is 11.6 Å². The molecule has 3 N–H and O–H groups in total. The summed E-state index contributed by atoms with van der Waals surface area (Å²) in [6.07, 6.45) is 5.25. The maximum absolute atomic E-state index is 14.4. The lowest BCUT2D eigenvalue weighted by Gasteiger charge is -2.30. The number of carbonyl (C=O) groups is 5. The number of allylic oxidation sites excluding steroid dienone is 1. The highest BCUT2D eigenvalue weighted by Gasteiger charge is 2.62. The van der Waals surface area contributed by atoms with Crippen molar-refractivity contribution in [1.29, 1.82) is 0 Å². The molecule has 5 atom stereocenters. The summed E-state index contributed by atoms with van der Waals surface area (Å²) in [5.74, 6) is -3.07. The van der Waals surface area contributed by atoms with Gasteiger partial charge in [-0.15, -0.1) is 0 Å². The number of nitrogens with zero attached hydrogens (tertiary/aromatic N) is 2. The number of hydrogen-bond donors (Lipinski definition) is 3. The first kappa shape index (κ1) is 38.8.